The van der Waals surface area contributed by atoms with E-state index in [4.69, 9.17) is 0 Å². The Kier molecular flexibility index (Phi) is 5.43. The van der Waals surface area contributed by atoms with Crippen LogP contribution in [-0.4, -0.2) is 35.0 Å². The van der Waals surface area contributed by atoms with Crippen LogP contribution in [0.1, 0.15) is 25.8 Å². The number of urea groups is 1. The van der Waals surface area contributed by atoms with Gasteiger partial charge < -0.3 is 4.90 Å². The van der Waals surface area contributed by atoms with Gasteiger partial charge in [0.1, 0.15) is 11.6 Å². The molecule has 1 aliphatic rings. The predicted octanol–water partition coefficient (Wildman–Crippen LogP) is 4.07. The van der Waals surface area contributed by atoms with Crippen molar-refractivity contribution in [3.63, 3.8) is 0 Å². The van der Waals surface area contributed by atoms with E-state index in [1.54, 1.807) is 35.2 Å². The molecule has 1 aromatic heterocycles. The molecule has 1 aliphatic heterocycles. The molecular weight excluding hydrogens is 317 g/mol. The zero-order valence-electron chi connectivity index (χ0n) is 14.8. The van der Waals surface area contributed by atoms with Gasteiger partial charge in [-0.25, -0.2) is 14.2 Å². The first-order valence-corrected chi connectivity index (χ1v) is 7.98. The smallest absolute Gasteiger partial charge is 0.322 e. The third kappa shape index (κ3) is 3.97. The van der Waals surface area contributed by atoms with Gasteiger partial charge >= 0.3 is 6.03 Å². The first-order chi connectivity index (χ1) is 11.8. The molecule has 0 aliphatic carbocycles. The highest BCUT2D eigenvalue weighted by Crippen LogP contribution is 2.27. The molecule has 2 heterocycles. The normalized spacial score (nSPS) is 17.4. The van der Waals surface area contributed by atoms with Crippen LogP contribution in [0, 0.1) is 11.8 Å². The third-order valence-corrected chi connectivity index (χ3v) is 4.38. The summed E-state index contributed by atoms with van der Waals surface area (Å²) < 4.78 is 13.5. The Labute approximate surface area is 148 Å². The van der Waals surface area contributed by atoms with Crippen molar-refractivity contribution in [3.05, 3.63) is 60.6 Å². The van der Waals surface area contributed by atoms with Crippen LogP contribution >= 0.6 is 0 Å². The van der Waals surface area contributed by atoms with Crippen LogP contribution in [0.25, 0.3) is 0 Å². The van der Waals surface area contributed by atoms with Crippen molar-refractivity contribution >= 4 is 11.8 Å². The number of halogens is 1. The van der Waals surface area contributed by atoms with Crippen LogP contribution in [-0.2, 0) is 0 Å². The lowest BCUT2D eigenvalue weighted by Crippen LogP contribution is -2.57. The second-order valence-electron chi connectivity index (χ2n) is 6.38. The lowest BCUT2D eigenvalue weighted by Gasteiger charge is -2.44. The number of amides is 2. The summed E-state index contributed by atoms with van der Waals surface area (Å²) in [5, 5.41) is 0. The van der Waals surface area contributed by atoms with Gasteiger partial charge in [-0.05, 0) is 38.5 Å². The van der Waals surface area contributed by atoms with Gasteiger partial charge in [0.15, 0.2) is 0 Å². The van der Waals surface area contributed by atoms with Crippen molar-refractivity contribution in [1.82, 2.24) is 9.88 Å². The summed E-state index contributed by atoms with van der Waals surface area (Å²) in [5.41, 5.74) is 0.633. The molecular formula is C20H22FN3O. The number of carbonyl (C=O) groups excluding carboxylic acids is 1. The maximum absolute atomic E-state index is 13.5. The SMILES string of the molecule is C=CC(F)=C(C#Cc1ccc(N2CCC(C)(C)N(C)C2=O)nc1)C=C. The largest absolute Gasteiger partial charge is 0.325 e. The molecule has 0 unspecified atom stereocenters. The summed E-state index contributed by atoms with van der Waals surface area (Å²) in [7, 11) is 1.80. The highest BCUT2D eigenvalue weighted by molar-refractivity contribution is 5.92. The highest BCUT2D eigenvalue weighted by atomic mass is 19.1. The maximum Gasteiger partial charge on any atom is 0.325 e. The average Bonchev–Trinajstić information content (AvgIpc) is 2.61. The number of hydrogen-bond donors (Lipinski definition) is 0. The fourth-order valence-electron chi connectivity index (χ4n) is 2.38. The molecule has 0 N–H and O–H groups in total. The molecule has 25 heavy (non-hydrogen) atoms. The molecule has 0 spiro atoms. The van der Waals surface area contributed by atoms with E-state index in [1.807, 2.05) is 13.8 Å². The van der Waals surface area contributed by atoms with Crippen molar-refractivity contribution in [1.29, 1.82) is 0 Å². The zero-order chi connectivity index (χ0) is 18.6. The molecule has 0 saturated carbocycles. The quantitative estimate of drug-likeness (QED) is 0.615. The Morgan fingerprint density at radius 2 is 2.08 bits per heavy atom. The van der Waals surface area contributed by atoms with Gasteiger partial charge in [0.25, 0.3) is 0 Å². The van der Waals surface area contributed by atoms with Gasteiger partial charge in [0.2, 0.25) is 0 Å². The number of carbonyl (C=O) groups is 1. The van der Waals surface area contributed by atoms with Gasteiger partial charge in [0, 0.05) is 30.9 Å². The Balaban J connectivity index is 2.20. The lowest BCUT2D eigenvalue weighted by molar-refractivity contribution is 0.140. The Morgan fingerprint density at radius 3 is 2.64 bits per heavy atom. The van der Waals surface area contributed by atoms with Crippen LogP contribution in [0.5, 0.6) is 0 Å². The van der Waals surface area contributed by atoms with Crippen LogP contribution < -0.4 is 4.90 Å². The summed E-state index contributed by atoms with van der Waals surface area (Å²) in [6.45, 7) is 11.6. The second kappa shape index (κ2) is 7.35. The van der Waals surface area contributed by atoms with Crippen LogP contribution in [0.3, 0.4) is 0 Å². The Hall–Kier alpha value is -2.87. The molecule has 4 nitrogen and oxygen atoms in total. The molecule has 1 fully saturated rings. The van der Waals surface area contributed by atoms with Crippen LogP contribution in [0.15, 0.2) is 55.0 Å². The summed E-state index contributed by atoms with van der Waals surface area (Å²) in [4.78, 5) is 20.2. The van der Waals surface area contributed by atoms with Gasteiger partial charge in [-0.3, -0.25) is 4.90 Å². The molecule has 1 saturated heterocycles. The topological polar surface area (TPSA) is 36.4 Å². The van der Waals surface area contributed by atoms with Crippen LogP contribution in [0.2, 0.25) is 0 Å². The monoisotopic (exact) mass is 339 g/mol. The Bertz CT molecular complexity index is 781. The van der Waals surface area contributed by atoms with E-state index < -0.39 is 5.83 Å². The summed E-state index contributed by atoms with van der Waals surface area (Å²) in [6, 6.07) is 3.43. The Morgan fingerprint density at radius 1 is 1.36 bits per heavy atom. The van der Waals surface area contributed by atoms with E-state index >= 15 is 0 Å². The maximum atomic E-state index is 13.5. The van der Waals surface area contributed by atoms with E-state index in [9.17, 15) is 9.18 Å². The summed E-state index contributed by atoms with van der Waals surface area (Å²) in [6.07, 6.45) is 4.86. The molecule has 0 atom stereocenters. The first kappa shape index (κ1) is 18.5. The zero-order valence-corrected chi connectivity index (χ0v) is 14.8. The number of nitrogens with zero attached hydrogens (tertiary/aromatic N) is 3. The van der Waals surface area contributed by atoms with Gasteiger partial charge in [-0.1, -0.05) is 31.1 Å². The van der Waals surface area contributed by atoms with Crippen molar-refractivity contribution < 1.29 is 9.18 Å². The molecule has 2 amide bonds. The average molecular weight is 339 g/mol. The minimum absolute atomic E-state index is 0.0764. The molecule has 1 aromatic rings. The number of rotatable bonds is 3. The lowest BCUT2D eigenvalue weighted by atomic mass is 9.96. The van der Waals surface area contributed by atoms with Crippen LogP contribution in [0.4, 0.5) is 15.0 Å². The van der Waals surface area contributed by atoms with E-state index in [2.05, 4.69) is 30.0 Å². The minimum atomic E-state index is -0.517. The number of anilines is 1. The van der Waals surface area contributed by atoms with Crippen molar-refractivity contribution in [2.24, 2.45) is 0 Å². The van der Waals surface area contributed by atoms with Gasteiger partial charge in [-0.2, -0.15) is 0 Å². The molecule has 5 heteroatoms. The molecule has 2 rings (SSSR count). The van der Waals surface area contributed by atoms with Gasteiger partial charge in [-0.15, -0.1) is 0 Å². The predicted molar refractivity (Wildman–Crippen MR) is 98.8 cm³/mol. The van der Waals surface area contributed by atoms with E-state index in [0.717, 1.165) is 12.5 Å². The molecule has 0 bridgehead atoms. The van der Waals surface area contributed by atoms with E-state index in [0.29, 0.717) is 17.9 Å². The summed E-state index contributed by atoms with van der Waals surface area (Å²) in [5.74, 6) is 5.59. The number of aromatic nitrogens is 1. The molecule has 130 valence electrons. The van der Waals surface area contributed by atoms with Crippen molar-refractivity contribution in [2.75, 3.05) is 18.5 Å². The second-order valence-corrected chi connectivity index (χ2v) is 6.38. The highest BCUT2D eigenvalue weighted by Gasteiger charge is 2.37. The third-order valence-electron chi connectivity index (χ3n) is 4.38. The van der Waals surface area contributed by atoms with E-state index in [-0.39, 0.29) is 17.1 Å². The fourth-order valence-corrected chi connectivity index (χ4v) is 2.38. The van der Waals surface area contributed by atoms with Crippen molar-refractivity contribution in [2.45, 2.75) is 25.8 Å². The minimum Gasteiger partial charge on any atom is -0.322 e. The fraction of sp³-hybridized carbons (Fsp3) is 0.300. The molecule has 0 aromatic carbocycles. The van der Waals surface area contributed by atoms with Gasteiger partial charge in [0.05, 0.1) is 5.57 Å². The standard InChI is InChI=1S/C20H22FN3O/c1-6-16(17(21)7-2)10-8-15-9-11-18(22-14-15)24-13-12-20(3,4)23(5)19(24)25/h6-7,9,11,14H,1-2,12-13H2,3-5H3. The summed E-state index contributed by atoms with van der Waals surface area (Å²) >= 11 is 0. The number of pyridine rings is 1. The van der Waals surface area contributed by atoms with E-state index in [1.165, 1.54) is 6.08 Å². The number of allylic oxidation sites excluding steroid dienone is 4. The first-order valence-electron chi connectivity index (χ1n) is 7.98. The van der Waals surface area contributed by atoms with Crippen molar-refractivity contribution in [3.8, 4) is 11.8 Å². The molecule has 0 radical (unpaired) electrons. The number of hydrogen-bond acceptors (Lipinski definition) is 2.